The third-order valence-corrected chi connectivity index (χ3v) is 2.38. The van der Waals surface area contributed by atoms with Crippen molar-refractivity contribution >= 4 is 12.4 Å². The lowest BCUT2D eigenvalue weighted by molar-refractivity contribution is 0.465. The summed E-state index contributed by atoms with van der Waals surface area (Å²) in [5.74, 6) is 0.716. The molecule has 1 aromatic carbocycles. The maximum absolute atomic E-state index is 3.59. The molecule has 2 heteroatoms. The van der Waals surface area contributed by atoms with Crippen molar-refractivity contribution in [1.29, 1.82) is 0 Å². The van der Waals surface area contributed by atoms with Crippen LogP contribution < -0.4 is 5.32 Å². The lowest BCUT2D eigenvalue weighted by atomic mass is 10.0. The molecule has 0 aromatic heterocycles. The molecular weight excluding hydrogens is 206 g/mol. The van der Waals surface area contributed by atoms with Crippen LogP contribution in [-0.2, 0) is 0 Å². The first-order chi connectivity index (χ1) is 6.74. The van der Waals surface area contributed by atoms with Crippen molar-refractivity contribution in [1.82, 2.24) is 5.32 Å². The highest BCUT2D eigenvalue weighted by Crippen LogP contribution is 2.15. The van der Waals surface area contributed by atoms with Gasteiger partial charge in [-0.25, -0.2) is 0 Å². The molecular formula is C13H22ClN. The van der Waals surface area contributed by atoms with Crippen molar-refractivity contribution < 1.29 is 0 Å². The minimum atomic E-state index is 0. The first-order valence-electron chi connectivity index (χ1n) is 5.52. The fourth-order valence-electron chi connectivity index (χ4n) is 1.56. The Hall–Kier alpha value is -0.530. The average Bonchev–Trinajstić information content (AvgIpc) is 2.20. The average molecular weight is 228 g/mol. The molecule has 0 fully saturated rings. The summed E-state index contributed by atoms with van der Waals surface area (Å²) in [5, 5.41) is 3.59. The maximum atomic E-state index is 3.59. The van der Waals surface area contributed by atoms with Gasteiger partial charge >= 0.3 is 0 Å². The van der Waals surface area contributed by atoms with Gasteiger partial charge in [0.05, 0.1) is 0 Å². The van der Waals surface area contributed by atoms with Crippen LogP contribution in [0.1, 0.15) is 38.8 Å². The Morgan fingerprint density at radius 2 is 1.73 bits per heavy atom. The number of benzene rings is 1. The van der Waals surface area contributed by atoms with E-state index >= 15 is 0 Å². The Labute approximate surface area is 99.7 Å². The van der Waals surface area contributed by atoms with E-state index in [-0.39, 0.29) is 12.4 Å². The molecule has 1 atom stereocenters. The van der Waals surface area contributed by atoms with Crippen LogP contribution in [0.5, 0.6) is 0 Å². The van der Waals surface area contributed by atoms with Gasteiger partial charge in [0.15, 0.2) is 0 Å². The van der Waals surface area contributed by atoms with Gasteiger partial charge in [-0.15, -0.1) is 12.4 Å². The summed E-state index contributed by atoms with van der Waals surface area (Å²) in [6.07, 6.45) is 1.15. The zero-order chi connectivity index (χ0) is 10.4. The Balaban J connectivity index is 0.00000196. The summed E-state index contributed by atoms with van der Waals surface area (Å²) < 4.78 is 0. The monoisotopic (exact) mass is 227 g/mol. The highest BCUT2D eigenvalue weighted by Gasteiger charge is 2.07. The number of rotatable bonds is 5. The van der Waals surface area contributed by atoms with E-state index in [0.29, 0.717) is 12.0 Å². The summed E-state index contributed by atoms with van der Waals surface area (Å²) in [6, 6.07) is 11.2. The molecule has 86 valence electrons. The van der Waals surface area contributed by atoms with E-state index in [1.807, 2.05) is 0 Å². The molecule has 1 nitrogen and oxygen atoms in total. The Kier molecular flexibility index (Phi) is 7.45. The van der Waals surface area contributed by atoms with Gasteiger partial charge in [-0.1, -0.05) is 51.1 Å². The van der Waals surface area contributed by atoms with Gasteiger partial charge in [0, 0.05) is 6.04 Å². The van der Waals surface area contributed by atoms with E-state index in [0.717, 1.165) is 13.0 Å². The summed E-state index contributed by atoms with van der Waals surface area (Å²) in [4.78, 5) is 0. The van der Waals surface area contributed by atoms with Gasteiger partial charge in [0.25, 0.3) is 0 Å². The van der Waals surface area contributed by atoms with Crippen LogP contribution in [0.2, 0.25) is 0 Å². The summed E-state index contributed by atoms with van der Waals surface area (Å²) in [6.45, 7) is 7.80. The molecule has 1 rings (SSSR count). The largest absolute Gasteiger partial charge is 0.310 e. The molecule has 0 bridgehead atoms. The molecule has 0 aliphatic heterocycles. The zero-order valence-electron chi connectivity index (χ0n) is 9.86. The molecule has 0 aliphatic rings. The summed E-state index contributed by atoms with van der Waals surface area (Å²) in [5.41, 5.74) is 1.40. The van der Waals surface area contributed by atoms with Crippen LogP contribution in [0.15, 0.2) is 30.3 Å². The third-order valence-electron chi connectivity index (χ3n) is 2.38. The molecule has 0 heterocycles. The normalized spacial score (nSPS) is 12.3. The molecule has 0 amide bonds. The molecule has 0 radical (unpaired) electrons. The van der Waals surface area contributed by atoms with Crippen molar-refractivity contribution in [3.05, 3.63) is 35.9 Å². The number of hydrogen-bond acceptors (Lipinski definition) is 1. The van der Waals surface area contributed by atoms with Crippen LogP contribution in [-0.4, -0.2) is 6.54 Å². The Morgan fingerprint density at radius 1 is 1.13 bits per heavy atom. The zero-order valence-corrected chi connectivity index (χ0v) is 10.7. The number of nitrogens with one attached hydrogen (secondary N) is 1. The number of hydrogen-bond donors (Lipinski definition) is 1. The molecule has 1 aromatic rings. The lowest BCUT2D eigenvalue weighted by Gasteiger charge is -2.18. The molecule has 1 N–H and O–H groups in total. The molecule has 15 heavy (non-hydrogen) atoms. The molecule has 0 saturated carbocycles. The second kappa shape index (κ2) is 7.72. The minimum absolute atomic E-state index is 0. The van der Waals surface area contributed by atoms with Crippen molar-refractivity contribution in [3.63, 3.8) is 0 Å². The molecule has 0 spiro atoms. The van der Waals surface area contributed by atoms with Crippen LogP contribution in [0.4, 0.5) is 0 Å². The van der Waals surface area contributed by atoms with Gasteiger partial charge in [0.2, 0.25) is 0 Å². The standard InChI is InChI=1S/C13H21N.ClH/c1-4-13(14-10-11(2)3)12-8-6-5-7-9-12;/h5-9,11,13-14H,4,10H2,1-3H3;1H. The van der Waals surface area contributed by atoms with Crippen LogP contribution in [0, 0.1) is 5.92 Å². The fraction of sp³-hybridized carbons (Fsp3) is 0.538. The SMILES string of the molecule is CCC(NCC(C)C)c1ccccc1.Cl. The van der Waals surface area contributed by atoms with E-state index in [2.05, 4.69) is 56.4 Å². The van der Waals surface area contributed by atoms with Crippen molar-refractivity contribution in [3.8, 4) is 0 Å². The molecule has 0 aliphatic carbocycles. The highest BCUT2D eigenvalue weighted by molar-refractivity contribution is 5.85. The van der Waals surface area contributed by atoms with Crippen molar-refractivity contribution in [2.24, 2.45) is 5.92 Å². The van der Waals surface area contributed by atoms with E-state index in [1.165, 1.54) is 5.56 Å². The van der Waals surface area contributed by atoms with E-state index in [4.69, 9.17) is 0 Å². The van der Waals surface area contributed by atoms with Crippen molar-refractivity contribution in [2.75, 3.05) is 6.54 Å². The van der Waals surface area contributed by atoms with E-state index < -0.39 is 0 Å². The van der Waals surface area contributed by atoms with Gasteiger partial charge in [-0.3, -0.25) is 0 Å². The predicted molar refractivity (Wildman–Crippen MR) is 69.6 cm³/mol. The first-order valence-corrected chi connectivity index (χ1v) is 5.52. The maximum Gasteiger partial charge on any atom is 0.0317 e. The Bertz CT molecular complexity index is 246. The van der Waals surface area contributed by atoms with E-state index in [1.54, 1.807) is 0 Å². The third kappa shape index (κ3) is 5.19. The van der Waals surface area contributed by atoms with E-state index in [9.17, 15) is 0 Å². The predicted octanol–water partition coefficient (Wildman–Crippen LogP) is 3.81. The molecule has 0 saturated heterocycles. The van der Waals surface area contributed by atoms with Crippen molar-refractivity contribution in [2.45, 2.75) is 33.2 Å². The van der Waals surface area contributed by atoms with Crippen LogP contribution >= 0.6 is 12.4 Å². The smallest absolute Gasteiger partial charge is 0.0317 e. The Morgan fingerprint density at radius 3 is 2.20 bits per heavy atom. The highest BCUT2D eigenvalue weighted by atomic mass is 35.5. The lowest BCUT2D eigenvalue weighted by Crippen LogP contribution is -2.24. The number of halogens is 1. The van der Waals surface area contributed by atoms with Crippen LogP contribution in [0.25, 0.3) is 0 Å². The van der Waals surface area contributed by atoms with Gasteiger partial charge in [0.1, 0.15) is 0 Å². The van der Waals surface area contributed by atoms with Gasteiger partial charge < -0.3 is 5.32 Å². The summed E-state index contributed by atoms with van der Waals surface area (Å²) >= 11 is 0. The minimum Gasteiger partial charge on any atom is -0.310 e. The summed E-state index contributed by atoms with van der Waals surface area (Å²) in [7, 11) is 0. The second-order valence-electron chi connectivity index (χ2n) is 4.17. The quantitative estimate of drug-likeness (QED) is 0.807. The first kappa shape index (κ1) is 14.5. The van der Waals surface area contributed by atoms with Gasteiger partial charge in [-0.05, 0) is 24.4 Å². The second-order valence-corrected chi connectivity index (χ2v) is 4.17. The fourth-order valence-corrected chi connectivity index (χ4v) is 1.56. The topological polar surface area (TPSA) is 12.0 Å². The van der Waals surface area contributed by atoms with Gasteiger partial charge in [-0.2, -0.15) is 0 Å². The molecule has 1 unspecified atom stereocenters. The van der Waals surface area contributed by atoms with Crippen LogP contribution in [0.3, 0.4) is 0 Å².